The molecule has 2 aromatic rings. The van der Waals surface area contributed by atoms with Crippen LogP contribution in [0.2, 0.25) is 0 Å². The number of halogens is 2. The minimum atomic E-state index is -3.04. The molecule has 5 nitrogen and oxygen atoms in total. The van der Waals surface area contributed by atoms with Gasteiger partial charge in [0.1, 0.15) is 5.75 Å². The summed E-state index contributed by atoms with van der Waals surface area (Å²) in [5, 5.41) is 12.5. The number of hydrogen-bond donors (Lipinski definition) is 2. The standard InChI is InChI=1S/C16H15F2NO4S/c17-16(18)23-13-8-11-4-2-1-3-10(11)7-12(13)15(22)19-5-6-24-9-14(20)21/h1-4,7-8,16H,5-6,9H2,(H,19,22)(H,20,21). The Hall–Kier alpha value is -2.35. The number of ether oxygens (including phenoxy) is 1. The third kappa shape index (κ3) is 5.09. The lowest BCUT2D eigenvalue weighted by atomic mass is 10.1. The summed E-state index contributed by atoms with van der Waals surface area (Å²) in [4.78, 5) is 22.6. The van der Waals surface area contributed by atoms with Gasteiger partial charge in [0.05, 0.1) is 11.3 Å². The summed E-state index contributed by atoms with van der Waals surface area (Å²) in [6.07, 6.45) is 0. The topological polar surface area (TPSA) is 75.6 Å². The van der Waals surface area contributed by atoms with Crippen LogP contribution in [0.1, 0.15) is 10.4 Å². The number of nitrogens with one attached hydrogen (secondary N) is 1. The second kappa shape index (κ2) is 8.49. The highest BCUT2D eigenvalue weighted by Gasteiger charge is 2.17. The van der Waals surface area contributed by atoms with Crippen molar-refractivity contribution in [2.45, 2.75) is 6.61 Å². The highest BCUT2D eigenvalue weighted by Crippen LogP contribution is 2.27. The van der Waals surface area contributed by atoms with Gasteiger partial charge in [-0.1, -0.05) is 24.3 Å². The smallest absolute Gasteiger partial charge is 0.387 e. The van der Waals surface area contributed by atoms with Gasteiger partial charge in [-0.25, -0.2) is 0 Å². The molecule has 2 aromatic carbocycles. The number of alkyl halides is 2. The third-order valence-corrected chi connectivity index (χ3v) is 4.01. The first kappa shape index (κ1) is 18.0. The summed E-state index contributed by atoms with van der Waals surface area (Å²) < 4.78 is 29.6. The van der Waals surface area contributed by atoms with Crippen LogP contribution in [0.3, 0.4) is 0 Å². The fourth-order valence-corrected chi connectivity index (χ4v) is 2.65. The SMILES string of the molecule is O=C(O)CSCCNC(=O)c1cc2ccccc2cc1OC(F)F. The maximum atomic E-state index is 12.6. The first-order chi connectivity index (χ1) is 11.5. The van der Waals surface area contributed by atoms with Gasteiger partial charge in [0.2, 0.25) is 0 Å². The van der Waals surface area contributed by atoms with E-state index in [1.807, 2.05) is 0 Å². The van der Waals surface area contributed by atoms with E-state index in [1.165, 1.54) is 12.1 Å². The van der Waals surface area contributed by atoms with Crippen molar-refractivity contribution in [2.75, 3.05) is 18.1 Å². The van der Waals surface area contributed by atoms with E-state index < -0.39 is 18.5 Å². The van der Waals surface area contributed by atoms with Crippen molar-refractivity contribution >= 4 is 34.4 Å². The fraction of sp³-hybridized carbons (Fsp3) is 0.250. The molecule has 2 rings (SSSR count). The predicted molar refractivity (Wildman–Crippen MR) is 87.9 cm³/mol. The molecule has 24 heavy (non-hydrogen) atoms. The van der Waals surface area contributed by atoms with Gasteiger partial charge < -0.3 is 15.2 Å². The van der Waals surface area contributed by atoms with E-state index in [0.29, 0.717) is 11.1 Å². The molecule has 0 atom stereocenters. The Kier molecular flexibility index (Phi) is 6.36. The van der Waals surface area contributed by atoms with Crippen molar-refractivity contribution in [1.82, 2.24) is 5.32 Å². The average Bonchev–Trinajstić information content (AvgIpc) is 2.52. The Bertz CT molecular complexity index is 739. The number of fused-ring (bicyclic) bond motifs is 1. The van der Waals surface area contributed by atoms with Crippen molar-refractivity contribution < 1.29 is 28.2 Å². The highest BCUT2D eigenvalue weighted by molar-refractivity contribution is 7.99. The van der Waals surface area contributed by atoms with E-state index in [9.17, 15) is 18.4 Å². The minimum Gasteiger partial charge on any atom is -0.481 e. The maximum absolute atomic E-state index is 12.6. The molecular weight excluding hydrogens is 340 g/mol. The Morgan fingerprint density at radius 3 is 2.50 bits per heavy atom. The van der Waals surface area contributed by atoms with E-state index in [4.69, 9.17) is 5.11 Å². The predicted octanol–water partition coefficient (Wildman–Crippen LogP) is 2.99. The Morgan fingerprint density at radius 1 is 1.21 bits per heavy atom. The number of carbonyl (C=O) groups is 2. The fourth-order valence-electron chi connectivity index (χ4n) is 2.08. The number of hydrogen-bond acceptors (Lipinski definition) is 4. The van der Waals surface area contributed by atoms with Crippen molar-refractivity contribution in [3.8, 4) is 5.75 Å². The number of thioether (sulfide) groups is 1. The molecule has 0 bridgehead atoms. The van der Waals surface area contributed by atoms with E-state index >= 15 is 0 Å². The quantitative estimate of drug-likeness (QED) is 0.712. The zero-order valence-corrected chi connectivity index (χ0v) is 13.3. The molecule has 2 N–H and O–H groups in total. The van der Waals surface area contributed by atoms with Crippen LogP contribution in [0, 0.1) is 0 Å². The van der Waals surface area contributed by atoms with Crippen LogP contribution in [-0.2, 0) is 4.79 Å². The Balaban J connectivity index is 2.12. The van der Waals surface area contributed by atoms with E-state index in [0.717, 1.165) is 17.1 Å². The molecule has 0 unspecified atom stereocenters. The average molecular weight is 355 g/mol. The molecule has 1 amide bonds. The van der Waals surface area contributed by atoms with E-state index in [-0.39, 0.29) is 23.6 Å². The van der Waals surface area contributed by atoms with Crippen LogP contribution >= 0.6 is 11.8 Å². The molecule has 0 radical (unpaired) electrons. The zero-order chi connectivity index (χ0) is 17.5. The number of aliphatic carboxylic acids is 1. The van der Waals surface area contributed by atoms with Crippen LogP contribution in [-0.4, -0.2) is 41.6 Å². The number of carboxylic acid groups (broad SMARTS) is 1. The first-order valence-corrected chi connectivity index (χ1v) is 8.18. The van der Waals surface area contributed by atoms with Gasteiger partial charge in [-0.15, -0.1) is 11.8 Å². The van der Waals surface area contributed by atoms with Crippen LogP contribution < -0.4 is 10.1 Å². The van der Waals surface area contributed by atoms with Gasteiger partial charge in [0, 0.05) is 12.3 Å². The summed E-state index contributed by atoms with van der Waals surface area (Å²) in [7, 11) is 0. The number of carboxylic acids is 1. The van der Waals surface area contributed by atoms with Crippen LogP contribution in [0.25, 0.3) is 10.8 Å². The lowest BCUT2D eigenvalue weighted by molar-refractivity contribution is -0.133. The minimum absolute atomic E-state index is 0.0113. The van der Waals surface area contributed by atoms with Gasteiger partial charge in [0.15, 0.2) is 0 Å². The summed E-state index contributed by atoms with van der Waals surface area (Å²) in [5.74, 6) is -1.34. The molecule has 0 aromatic heterocycles. The van der Waals surface area contributed by atoms with Crippen molar-refractivity contribution in [3.05, 3.63) is 42.0 Å². The largest absolute Gasteiger partial charge is 0.481 e. The van der Waals surface area contributed by atoms with Gasteiger partial charge in [-0.05, 0) is 22.9 Å². The van der Waals surface area contributed by atoms with Gasteiger partial charge in [0.25, 0.3) is 5.91 Å². The van der Waals surface area contributed by atoms with Crippen molar-refractivity contribution in [1.29, 1.82) is 0 Å². The molecule has 0 fully saturated rings. The monoisotopic (exact) mass is 355 g/mol. The molecule has 0 spiro atoms. The molecule has 8 heteroatoms. The number of carbonyl (C=O) groups excluding carboxylic acids is 1. The van der Waals surface area contributed by atoms with Gasteiger partial charge in [-0.3, -0.25) is 9.59 Å². The second-order valence-corrected chi connectivity index (χ2v) is 5.88. The first-order valence-electron chi connectivity index (χ1n) is 7.02. The zero-order valence-electron chi connectivity index (χ0n) is 12.5. The number of amides is 1. The molecule has 0 aliphatic heterocycles. The lowest BCUT2D eigenvalue weighted by Gasteiger charge is -2.12. The van der Waals surface area contributed by atoms with Crippen LogP contribution in [0.4, 0.5) is 8.78 Å². The summed E-state index contributed by atoms with van der Waals surface area (Å²) in [6, 6.07) is 9.93. The Morgan fingerprint density at radius 2 is 1.88 bits per heavy atom. The lowest BCUT2D eigenvalue weighted by Crippen LogP contribution is -2.26. The van der Waals surface area contributed by atoms with E-state index in [2.05, 4.69) is 10.1 Å². The molecular formula is C16H15F2NO4S. The van der Waals surface area contributed by atoms with Crippen LogP contribution in [0.15, 0.2) is 36.4 Å². The van der Waals surface area contributed by atoms with Gasteiger partial charge in [-0.2, -0.15) is 8.78 Å². The highest BCUT2D eigenvalue weighted by atomic mass is 32.2. The molecule has 128 valence electrons. The van der Waals surface area contributed by atoms with Crippen molar-refractivity contribution in [3.63, 3.8) is 0 Å². The molecule has 0 heterocycles. The normalized spacial score (nSPS) is 10.8. The molecule has 0 aliphatic rings. The van der Waals surface area contributed by atoms with Crippen molar-refractivity contribution in [2.24, 2.45) is 0 Å². The number of benzene rings is 2. The molecule has 0 saturated heterocycles. The summed E-state index contributed by atoms with van der Waals surface area (Å²) in [6.45, 7) is -2.82. The molecule has 0 aliphatic carbocycles. The third-order valence-electron chi connectivity index (χ3n) is 3.07. The number of rotatable bonds is 8. The second-order valence-electron chi connectivity index (χ2n) is 4.78. The van der Waals surface area contributed by atoms with Gasteiger partial charge >= 0.3 is 12.6 Å². The summed E-state index contributed by atoms with van der Waals surface area (Å²) in [5.41, 5.74) is 0.0113. The van der Waals surface area contributed by atoms with E-state index in [1.54, 1.807) is 24.3 Å². The molecule has 0 saturated carbocycles. The summed E-state index contributed by atoms with van der Waals surface area (Å²) >= 11 is 1.15. The van der Waals surface area contributed by atoms with Crippen LogP contribution in [0.5, 0.6) is 5.75 Å². The Labute approximate surface area is 141 Å². The maximum Gasteiger partial charge on any atom is 0.387 e.